The molecule has 4 N–H and O–H groups in total. The van der Waals surface area contributed by atoms with Crippen molar-refractivity contribution < 1.29 is 10.0 Å². The van der Waals surface area contributed by atoms with E-state index >= 15 is 0 Å². The summed E-state index contributed by atoms with van der Waals surface area (Å²) < 4.78 is 0. The van der Waals surface area contributed by atoms with Gasteiger partial charge in [-0.2, -0.15) is 0 Å². The van der Waals surface area contributed by atoms with Crippen LogP contribution in [-0.4, -0.2) is 28.5 Å². The Morgan fingerprint density at radius 2 is 2.44 bits per heavy atom. The van der Waals surface area contributed by atoms with Gasteiger partial charge in [-0.3, -0.25) is 4.79 Å². The van der Waals surface area contributed by atoms with Crippen LogP contribution in [0.4, 0.5) is 0 Å². The zero-order valence-electron chi connectivity index (χ0n) is 10.5. The van der Waals surface area contributed by atoms with Gasteiger partial charge < -0.3 is 16.3 Å². The van der Waals surface area contributed by atoms with E-state index in [1.165, 1.54) is 0 Å². The second-order valence-corrected chi connectivity index (χ2v) is 4.95. The fourth-order valence-corrected chi connectivity index (χ4v) is 2.21. The smallest absolute Gasteiger partial charge is 0.230 e. The number of nitrogens with two attached hydrogens (primary N) is 1. The molecule has 0 saturated heterocycles. The Hall–Kier alpha value is -1.63. The average molecular weight is 270 g/mol. The van der Waals surface area contributed by atoms with Gasteiger partial charge in [-0.25, -0.2) is 4.98 Å². The van der Waals surface area contributed by atoms with Crippen molar-refractivity contribution in [3.8, 4) is 0 Å². The molecular weight excluding hydrogens is 252 g/mol. The first-order valence-electron chi connectivity index (χ1n) is 5.74. The molecule has 1 atom stereocenters. The number of nitrogens with zero attached hydrogens (tertiary/aromatic N) is 2. The second kappa shape index (κ2) is 6.95. The monoisotopic (exact) mass is 270 g/mol. The number of carbonyl (C=O) groups is 1. The number of carbonyl (C=O) groups excluding carboxylic acids is 1. The summed E-state index contributed by atoms with van der Waals surface area (Å²) in [5, 5.41) is 17.2. The van der Waals surface area contributed by atoms with Crippen LogP contribution in [0.1, 0.15) is 24.0 Å². The summed E-state index contributed by atoms with van der Waals surface area (Å²) in [6, 6.07) is 0. The van der Waals surface area contributed by atoms with Gasteiger partial charge in [-0.1, -0.05) is 12.1 Å². The highest BCUT2D eigenvalue weighted by Gasteiger charge is 2.20. The van der Waals surface area contributed by atoms with Crippen LogP contribution in [-0.2, 0) is 11.2 Å². The van der Waals surface area contributed by atoms with Crippen molar-refractivity contribution in [2.24, 2.45) is 16.8 Å². The average Bonchev–Trinajstić information content (AvgIpc) is 2.75. The van der Waals surface area contributed by atoms with Gasteiger partial charge in [0.15, 0.2) is 5.84 Å². The molecule has 18 heavy (non-hydrogen) atoms. The minimum atomic E-state index is -0.577. The molecule has 0 fully saturated rings. The summed E-state index contributed by atoms with van der Waals surface area (Å²) in [4.78, 5) is 16.1. The minimum absolute atomic E-state index is 0.0560. The van der Waals surface area contributed by atoms with Gasteiger partial charge in [0.1, 0.15) is 0 Å². The van der Waals surface area contributed by atoms with E-state index in [0.29, 0.717) is 19.4 Å². The molecule has 0 aliphatic rings. The minimum Gasteiger partial charge on any atom is -0.409 e. The Balaban J connectivity index is 2.40. The van der Waals surface area contributed by atoms with Gasteiger partial charge >= 0.3 is 0 Å². The molecule has 0 aliphatic carbocycles. The van der Waals surface area contributed by atoms with E-state index in [0.717, 1.165) is 10.7 Å². The Bertz CT molecular complexity index is 430. The lowest BCUT2D eigenvalue weighted by molar-refractivity contribution is -0.123. The van der Waals surface area contributed by atoms with E-state index in [-0.39, 0.29) is 11.7 Å². The molecule has 6 nitrogen and oxygen atoms in total. The lowest BCUT2D eigenvalue weighted by atomic mass is 10.0. The van der Waals surface area contributed by atoms with Crippen molar-refractivity contribution in [2.75, 3.05) is 6.54 Å². The van der Waals surface area contributed by atoms with Crippen LogP contribution in [0.25, 0.3) is 0 Å². The first-order valence-corrected chi connectivity index (χ1v) is 6.62. The molecule has 1 amide bonds. The number of hydrogen-bond donors (Lipinski definition) is 3. The van der Waals surface area contributed by atoms with Gasteiger partial charge in [-0.15, -0.1) is 11.3 Å². The lowest BCUT2D eigenvalue weighted by Gasteiger charge is -2.12. The SMILES string of the molecule is CCC(C(=O)NCCc1csc(C)n1)C(N)=NO. The number of rotatable bonds is 6. The molecule has 1 aromatic heterocycles. The van der Waals surface area contributed by atoms with E-state index in [4.69, 9.17) is 10.9 Å². The van der Waals surface area contributed by atoms with E-state index in [9.17, 15) is 4.79 Å². The van der Waals surface area contributed by atoms with Crippen molar-refractivity contribution in [3.63, 3.8) is 0 Å². The molecular formula is C11H18N4O2S. The normalized spacial score (nSPS) is 13.3. The first kappa shape index (κ1) is 14.4. The number of amidine groups is 1. The summed E-state index contributed by atoms with van der Waals surface area (Å²) in [6.07, 6.45) is 1.18. The maximum atomic E-state index is 11.8. The van der Waals surface area contributed by atoms with Crippen LogP contribution >= 0.6 is 11.3 Å². The highest BCUT2D eigenvalue weighted by Crippen LogP contribution is 2.08. The van der Waals surface area contributed by atoms with Crippen molar-refractivity contribution in [2.45, 2.75) is 26.7 Å². The molecule has 100 valence electrons. The number of hydrogen-bond acceptors (Lipinski definition) is 5. The van der Waals surface area contributed by atoms with Crippen LogP contribution in [0.15, 0.2) is 10.5 Å². The number of aryl methyl sites for hydroxylation is 1. The summed E-state index contributed by atoms with van der Waals surface area (Å²) in [7, 11) is 0. The van der Waals surface area contributed by atoms with E-state index < -0.39 is 5.92 Å². The fraction of sp³-hybridized carbons (Fsp3) is 0.545. The Labute approximate surface area is 110 Å². The topological polar surface area (TPSA) is 101 Å². The molecule has 7 heteroatoms. The zero-order valence-corrected chi connectivity index (χ0v) is 11.3. The molecule has 0 saturated carbocycles. The van der Waals surface area contributed by atoms with Crippen LogP contribution in [0.5, 0.6) is 0 Å². The number of aromatic nitrogens is 1. The van der Waals surface area contributed by atoms with Crippen LogP contribution in [0, 0.1) is 12.8 Å². The molecule has 0 bridgehead atoms. The van der Waals surface area contributed by atoms with Gasteiger partial charge in [0.2, 0.25) is 5.91 Å². The largest absolute Gasteiger partial charge is 0.409 e. The van der Waals surface area contributed by atoms with Gasteiger partial charge in [-0.05, 0) is 13.3 Å². The summed E-state index contributed by atoms with van der Waals surface area (Å²) in [6.45, 7) is 4.25. The molecule has 1 unspecified atom stereocenters. The third kappa shape index (κ3) is 3.99. The number of oxime groups is 1. The van der Waals surface area contributed by atoms with Crippen LogP contribution in [0.2, 0.25) is 0 Å². The van der Waals surface area contributed by atoms with E-state index in [1.807, 2.05) is 19.2 Å². The van der Waals surface area contributed by atoms with Crippen LogP contribution in [0.3, 0.4) is 0 Å². The summed E-state index contributed by atoms with van der Waals surface area (Å²) >= 11 is 1.59. The molecule has 1 heterocycles. The summed E-state index contributed by atoms with van der Waals surface area (Å²) in [5.41, 5.74) is 6.41. The third-order valence-corrected chi connectivity index (χ3v) is 3.37. The predicted molar refractivity (Wildman–Crippen MR) is 70.8 cm³/mol. The van der Waals surface area contributed by atoms with Crippen molar-refractivity contribution >= 4 is 23.1 Å². The quantitative estimate of drug-likeness (QED) is 0.309. The van der Waals surface area contributed by atoms with Crippen LogP contribution < -0.4 is 11.1 Å². The highest BCUT2D eigenvalue weighted by molar-refractivity contribution is 7.09. The van der Waals surface area contributed by atoms with Crippen molar-refractivity contribution in [3.05, 3.63) is 16.1 Å². The van der Waals surface area contributed by atoms with E-state index in [2.05, 4.69) is 15.5 Å². The van der Waals surface area contributed by atoms with Gasteiger partial charge in [0, 0.05) is 18.3 Å². The standard InChI is InChI=1S/C11H18N4O2S/c1-3-9(10(12)15-17)11(16)13-5-4-8-6-18-7(2)14-8/h6,9,17H,3-5H2,1-2H3,(H2,12,15)(H,13,16). The summed E-state index contributed by atoms with van der Waals surface area (Å²) in [5.74, 6) is -0.855. The Kier molecular flexibility index (Phi) is 5.57. The Morgan fingerprint density at radius 1 is 1.72 bits per heavy atom. The predicted octanol–water partition coefficient (Wildman–Crippen LogP) is 0.883. The maximum absolute atomic E-state index is 11.8. The van der Waals surface area contributed by atoms with Gasteiger partial charge in [0.25, 0.3) is 0 Å². The number of amides is 1. The second-order valence-electron chi connectivity index (χ2n) is 3.88. The molecule has 0 spiro atoms. The van der Waals surface area contributed by atoms with E-state index in [1.54, 1.807) is 11.3 Å². The molecule has 0 aliphatic heterocycles. The molecule has 0 radical (unpaired) electrons. The molecule has 1 rings (SSSR count). The fourth-order valence-electron chi connectivity index (χ4n) is 1.56. The lowest BCUT2D eigenvalue weighted by Crippen LogP contribution is -2.39. The van der Waals surface area contributed by atoms with Gasteiger partial charge in [0.05, 0.1) is 16.6 Å². The zero-order chi connectivity index (χ0) is 13.5. The van der Waals surface area contributed by atoms with Crippen molar-refractivity contribution in [1.82, 2.24) is 10.3 Å². The Morgan fingerprint density at radius 3 is 2.94 bits per heavy atom. The van der Waals surface area contributed by atoms with Crippen molar-refractivity contribution in [1.29, 1.82) is 0 Å². The molecule has 1 aromatic rings. The number of nitrogens with one attached hydrogen (secondary N) is 1. The third-order valence-electron chi connectivity index (χ3n) is 2.54. The highest BCUT2D eigenvalue weighted by atomic mass is 32.1. The number of thiazole rings is 1. The maximum Gasteiger partial charge on any atom is 0.230 e. The first-order chi connectivity index (χ1) is 8.58. The molecule has 0 aromatic carbocycles.